The van der Waals surface area contributed by atoms with Crippen molar-refractivity contribution in [2.75, 3.05) is 13.2 Å². The molecule has 2 heterocycles. The largest absolute Gasteiger partial charge is 0.488 e. The maximum Gasteiger partial charge on any atom is 0.408 e. The number of likely N-dealkylation sites (tertiary alicyclic amines) is 1. The van der Waals surface area contributed by atoms with Gasteiger partial charge in [-0.1, -0.05) is 55.7 Å². The highest BCUT2D eigenvalue weighted by atomic mass is 16.6. The molecule has 6 rings (SSSR count). The number of benzene rings is 2. The van der Waals surface area contributed by atoms with Crippen molar-refractivity contribution in [2.24, 2.45) is 11.8 Å². The van der Waals surface area contributed by atoms with E-state index in [2.05, 4.69) is 17.2 Å². The molecule has 3 aromatic rings. The summed E-state index contributed by atoms with van der Waals surface area (Å²) in [5.74, 6) is -1.86. The summed E-state index contributed by atoms with van der Waals surface area (Å²) in [6.45, 7) is 9.01. The number of esters is 1. The Hall–Kier alpha value is -5.53. The van der Waals surface area contributed by atoms with Crippen LogP contribution in [0.4, 0.5) is 10.5 Å². The van der Waals surface area contributed by atoms with E-state index >= 15 is 0 Å². The van der Waals surface area contributed by atoms with Crippen LogP contribution in [-0.4, -0.2) is 81.7 Å². The Morgan fingerprint density at radius 3 is 2.48 bits per heavy atom. The Labute approximate surface area is 313 Å². The van der Waals surface area contributed by atoms with Crippen LogP contribution >= 0.6 is 0 Å². The number of hydrogen-bond donors (Lipinski definition) is 2. The minimum absolute atomic E-state index is 0.0302. The molecule has 14 heteroatoms. The van der Waals surface area contributed by atoms with Gasteiger partial charge in [-0.25, -0.2) is 14.6 Å². The number of nitrogens with one attached hydrogen (secondary N) is 2. The van der Waals surface area contributed by atoms with Gasteiger partial charge in [0.1, 0.15) is 29.5 Å². The van der Waals surface area contributed by atoms with Gasteiger partial charge in [-0.05, 0) is 52.0 Å². The van der Waals surface area contributed by atoms with Crippen LogP contribution in [-0.2, 0) is 23.9 Å². The van der Waals surface area contributed by atoms with Crippen molar-refractivity contribution in [2.45, 2.75) is 95.5 Å². The second-order valence-corrected chi connectivity index (χ2v) is 14.5. The van der Waals surface area contributed by atoms with E-state index in [0.29, 0.717) is 41.6 Å². The molecule has 3 aliphatic rings. The van der Waals surface area contributed by atoms with E-state index < -0.39 is 58.6 Å². The number of aromatic nitrogens is 1. The Balaban J connectivity index is 1.37. The second kappa shape index (κ2) is 16.2. The predicted octanol–water partition coefficient (Wildman–Crippen LogP) is 5.87. The van der Waals surface area contributed by atoms with E-state index in [0.717, 1.165) is 24.8 Å². The second-order valence-electron chi connectivity index (χ2n) is 14.5. The van der Waals surface area contributed by atoms with E-state index in [1.165, 1.54) is 17.0 Å². The fourth-order valence-corrected chi connectivity index (χ4v) is 7.67. The number of pyridine rings is 1. The zero-order valence-corrected chi connectivity index (χ0v) is 30.8. The van der Waals surface area contributed by atoms with Gasteiger partial charge in [0.15, 0.2) is 0 Å². The third-order valence-corrected chi connectivity index (χ3v) is 10.5. The lowest BCUT2D eigenvalue weighted by molar-refractivity contribution is -0.384. The van der Waals surface area contributed by atoms with E-state index in [1.54, 1.807) is 39.0 Å². The van der Waals surface area contributed by atoms with Crippen LogP contribution in [0.1, 0.15) is 65.7 Å². The summed E-state index contributed by atoms with van der Waals surface area (Å²) in [6.07, 6.45) is 4.24. The van der Waals surface area contributed by atoms with Crippen LogP contribution in [0, 0.1) is 22.0 Å². The van der Waals surface area contributed by atoms with Gasteiger partial charge in [0.25, 0.3) is 5.69 Å². The molecule has 14 nitrogen and oxygen atoms in total. The number of ether oxygens (including phenoxy) is 3. The van der Waals surface area contributed by atoms with Gasteiger partial charge in [-0.3, -0.25) is 19.7 Å². The molecule has 2 unspecified atom stereocenters. The minimum Gasteiger partial charge on any atom is -0.488 e. The quantitative estimate of drug-likeness (QED) is 0.0932. The molecule has 2 aromatic carbocycles. The summed E-state index contributed by atoms with van der Waals surface area (Å²) >= 11 is 0. The van der Waals surface area contributed by atoms with Crippen LogP contribution in [0.3, 0.4) is 0 Å². The fourth-order valence-electron chi connectivity index (χ4n) is 7.67. The van der Waals surface area contributed by atoms with Crippen LogP contribution in [0.5, 0.6) is 5.75 Å². The molecule has 3 fully saturated rings. The monoisotopic (exact) mass is 741 g/mol. The number of carbonyl (C=O) groups excluding carboxylic acids is 4. The molecule has 1 saturated heterocycles. The van der Waals surface area contributed by atoms with Gasteiger partial charge in [0.05, 0.1) is 35.4 Å². The molecule has 1 aromatic heterocycles. The van der Waals surface area contributed by atoms with E-state index in [1.807, 2.05) is 30.3 Å². The van der Waals surface area contributed by atoms with Crippen LogP contribution < -0.4 is 15.4 Å². The summed E-state index contributed by atoms with van der Waals surface area (Å²) in [5, 5.41) is 17.9. The van der Waals surface area contributed by atoms with Gasteiger partial charge in [0.2, 0.25) is 11.8 Å². The number of nitrogens with zero attached hydrogens (tertiary/aromatic N) is 3. The number of rotatable bonds is 13. The van der Waals surface area contributed by atoms with Gasteiger partial charge in [-0.2, -0.15) is 0 Å². The third-order valence-electron chi connectivity index (χ3n) is 10.5. The molecule has 0 radical (unpaired) electrons. The van der Waals surface area contributed by atoms with Gasteiger partial charge >= 0.3 is 12.1 Å². The number of nitro groups is 1. The summed E-state index contributed by atoms with van der Waals surface area (Å²) in [7, 11) is 0. The lowest BCUT2D eigenvalue weighted by Gasteiger charge is -2.34. The maximum atomic E-state index is 14.7. The first-order valence-corrected chi connectivity index (χ1v) is 18.6. The highest BCUT2D eigenvalue weighted by molar-refractivity contribution is 5.97. The molecule has 0 spiro atoms. The number of amides is 3. The molecular weight excluding hydrogens is 694 g/mol. The fraction of sp³-hybridized carbons (Fsp3) is 0.475. The van der Waals surface area contributed by atoms with E-state index in [4.69, 9.17) is 19.2 Å². The predicted molar refractivity (Wildman–Crippen MR) is 199 cm³/mol. The minimum atomic E-state index is -1.31. The first-order valence-electron chi connectivity index (χ1n) is 18.6. The summed E-state index contributed by atoms with van der Waals surface area (Å²) < 4.78 is 17.3. The van der Waals surface area contributed by atoms with Crippen molar-refractivity contribution in [1.29, 1.82) is 0 Å². The third kappa shape index (κ3) is 8.17. The molecule has 286 valence electrons. The highest BCUT2D eigenvalue weighted by Crippen LogP contribution is 2.46. The van der Waals surface area contributed by atoms with Crippen molar-refractivity contribution in [3.8, 4) is 17.0 Å². The smallest absolute Gasteiger partial charge is 0.408 e. The van der Waals surface area contributed by atoms with Gasteiger partial charge in [-0.15, -0.1) is 6.58 Å². The number of carbonyl (C=O) groups is 4. The lowest BCUT2D eigenvalue weighted by atomic mass is 9.83. The standard InChI is InChI=1S/C40H47N5O9/c1-5-27-22-40(27,38(48)52-6-2)43-36(46)33-20-29(23-44(33)37(47)35(26-15-11-8-12-16-26)42-39(49)53-24(3)4)54-34-21-32(25-13-9-7-10-14-25)41-31-18-17-28(45(50)51)19-30(31)34/h5,7,9-10,13-14,17-19,21,24,26-27,29,33,35H,1,6,8,11-12,15-16,20,22-23H2,2-4H3,(H,42,49)(H,43,46)/t27?,29?,33-,35-,40+/m0/s1. The van der Waals surface area contributed by atoms with E-state index in [-0.39, 0.29) is 37.1 Å². The van der Waals surface area contributed by atoms with Crippen LogP contribution in [0.25, 0.3) is 22.2 Å². The first kappa shape index (κ1) is 38.2. The number of non-ortho nitro benzene ring substituents is 1. The molecule has 0 bridgehead atoms. The summed E-state index contributed by atoms with van der Waals surface area (Å²) in [6, 6.07) is 13.4. The number of nitro benzene ring substituents is 1. The lowest BCUT2D eigenvalue weighted by Crippen LogP contribution is -2.58. The van der Waals surface area contributed by atoms with Crippen molar-refractivity contribution < 1.29 is 38.3 Å². The van der Waals surface area contributed by atoms with Crippen molar-refractivity contribution in [3.05, 3.63) is 77.4 Å². The number of hydrogen-bond acceptors (Lipinski definition) is 10. The Bertz CT molecular complexity index is 1910. The maximum absolute atomic E-state index is 14.7. The van der Waals surface area contributed by atoms with Crippen molar-refractivity contribution >= 4 is 40.5 Å². The molecule has 3 amide bonds. The SMILES string of the molecule is C=CC1C[C@]1(NC(=O)[C@@H]1CC(Oc2cc(-c3ccccc3)nc3ccc([N+](=O)[O-])cc23)CN1C(=O)[C@@H](NC(=O)OC(C)C)C1CCCCC1)C(=O)OCC. The average molecular weight is 742 g/mol. The zero-order valence-electron chi connectivity index (χ0n) is 30.8. The Morgan fingerprint density at radius 1 is 1.09 bits per heavy atom. The number of fused-ring (bicyclic) bond motifs is 1. The summed E-state index contributed by atoms with van der Waals surface area (Å²) in [5.41, 5.74) is 0.363. The topological polar surface area (TPSA) is 179 Å². The van der Waals surface area contributed by atoms with Gasteiger partial charge in [0, 0.05) is 41.5 Å². The first-order chi connectivity index (χ1) is 25.9. The Kier molecular flexibility index (Phi) is 11.5. The molecular formula is C40H47N5O9. The average Bonchev–Trinajstić information content (AvgIpc) is 3.72. The normalized spacial score (nSPS) is 23.0. The zero-order chi connectivity index (χ0) is 38.6. The Morgan fingerprint density at radius 2 is 1.83 bits per heavy atom. The molecule has 2 saturated carbocycles. The van der Waals surface area contributed by atoms with Crippen LogP contribution in [0.15, 0.2) is 67.3 Å². The van der Waals surface area contributed by atoms with Gasteiger partial charge < -0.3 is 29.7 Å². The molecule has 2 aliphatic carbocycles. The summed E-state index contributed by atoms with van der Waals surface area (Å²) in [4.78, 5) is 72.6. The molecule has 5 atom stereocenters. The molecule has 54 heavy (non-hydrogen) atoms. The van der Waals surface area contributed by atoms with Crippen LogP contribution in [0.2, 0.25) is 0 Å². The highest BCUT2D eigenvalue weighted by Gasteiger charge is 2.62. The molecule has 1 aliphatic heterocycles. The van der Waals surface area contributed by atoms with Crippen molar-refractivity contribution in [1.82, 2.24) is 20.5 Å². The number of alkyl carbamates (subject to hydrolysis) is 1. The molecule has 2 N–H and O–H groups in total. The van der Waals surface area contributed by atoms with E-state index in [9.17, 15) is 29.3 Å². The van der Waals surface area contributed by atoms with Crippen molar-refractivity contribution in [3.63, 3.8) is 0 Å².